The lowest BCUT2D eigenvalue weighted by Gasteiger charge is -2.37. The monoisotopic (exact) mass is 388 g/mol. The first-order valence-electron chi connectivity index (χ1n) is 10.3. The molecule has 0 aliphatic rings. The van der Waals surface area contributed by atoms with Crippen LogP contribution >= 0.6 is 0 Å². The van der Waals surface area contributed by atoms with Crippen molar-refractivity contribution in [2.75, 3.05) is 0 Å². The number of hydrogen-bond acceptors (Lipinski definition) is 2. The van der Waals surface area contributed by atoms with Crippen LogP contribution in [0.4, 0.5) is 0 Å². The van der Waals surface area contributed by atoms with Gasteiger partial charge in [0.25, 0.3) is 0 Å². The number of nitriles is 1. The van der Waals surface area contributed by atoms with Crippen molar-refractivity contribution in [2.45, 2.75) is 25.7 Å². The van der Waals surface area contributed by atoms with Crippen molar-refractivity contribution in [2.24, 2.45) is 0 Å². The molecule has 0 saturated carbocycles. The molecule has 0 atom stereocenters. The third-order valence-corrected chi connectivity index (χ3v) is 5.75. The number of aromatic nitrogens is 1. The van der Waals surface area contributed by atoms with E-state index >= 15 is 0 Å². The topological polar surface area (TPSA) is 36.7 Å². The first kappa shape index (κ1) is 19.6. The second-order valence-corrected chi connectivity index (χ2v) is 7.55. The molecule has 0 unspecified atom stereocenters. The highest BCUT2D eigenvalue weighted by molar-refractivity contribution is 5.60. The normalized spacial score (nSPS) is 11.1. The summed E-state index contributed by atoms with van der Waals surface area (Å²) in [4.78, 5) is 4.57. The number of hydrogen-bond donors (Lipinski definition) is 0. The summed E-state index contributed by atoms with van der Waals surface area (Å²) in [6.07, 6.45) is 2.64. The summed E-state index contributed by atoms with van der Waals surface area (Å²) in [5, 5.41) is 9.52. The van der Waals surface area contributed by atoms with E-state index in [9.17, 15) is 5.26 Å². The van der Waals surface area contributed by atoms with Crippen molar-refractivity contribution in [3.8, 4) is 6.07 Å². The summed E-state index contributed by atoms with van der Waals surface area (Å²) in [5.74, 6) is 0. The largest absolute Gasteiger partial charge is 0.245 e. The zero-order chi connectivity index (χ0) is 21.0. The van der Waals surface area contributed by atoms with Gasteiger partial charge in [-0.15, -0.1) is 0 Å². The number of rotatable bonds is 5. The second kappa shape index (κ2) is 8.35. The highest BCUT2D eigenvalue weighted by Gasteiger charge is 2.39. The Bertz CT molecular complexity index is 1150. The average molecular weight is 389 g/mol. The van der Waals surface area contributed by atoms with Gasteiger partial charge in [0, 0.05) is 6.20 Å². The van der Waals surface area contributed by atoms with Crippen LogP contribution in [0.5, 0.6) is 0 Å². The van der Waals surface area contributed by atoms with Gasteiger partial charge in [-0.3, -0.25) is 0 Å². The molecule has 3 aromatic carbocycles. The van der Waals surface area contributed by atoms with Crippen molar-refractivity contribution in [3.05, 3.63) is 136 Å². The van der Waals surface area contributed by atoms with Crippen molar-refractivity contribution in [3.63, 3.8) is 0 Å². The van der Waals surface area contributed by atoms with Crippen LogP contribution in [0.1, 0.15) is 46.0 Å². The number of nitrogens with zero attached hydrogens (tertiary/aromatic N) is 2. The van der Waals surface area contributed by atoms with Gasteiger partial charge >= 0.3 is 0 Å². The van der Waals surface area contributed by atoms with Crippen LogP contribution in [-0.4, -0.2) is 4.98 Å². The Morgan fingerprint density at radius 1 is 0.767 bits per heavy atom. The Balaban J connectivity index is 2.15. The Labute approximate surface area is 178 Å². The van der Waals surface area contributed by atoms with Crippen LogP contribution < -0.4 is 0 Å². The van der Waals surface area contributed by atoms with E-state index in [1.54, 1.807) is 0 Å². The summed E-state index contributed by atoms with van der Waals surface area (Å²) < 4.78 is 0. The summed E-state index contributed by atoms with van der Waals surface area (Å²) in [7, 11) is 0. The molecule has 0 saturated heterocycles. The second-order valence-electron chi connectivity index (χ2n) is 7.55. The maximum atomic E-state index is 9.52. The Morgan fingerprint density at radius 3 is 1.90 bits per heavy atom. The first-order valence-corrected chi connectivity index (χ1v) is 10.3. The van der Waals surface area contributed by atoms with Gasteiger partial charge in [0.15, 0.2) is 0 Å². The molecule has 2 heteroatoms. The van der Waals surface area contributed by atoms with E-state index in [1.807, 2.05) is 18.3 Å². The third-order valence-electron chi connectivity index (χ3n) is 5.75. The number of benzene rings is 3. The summed E-state index contributed by atoms with van der Waals surface area (Å²) in [6.45, 7) is 4.19. The fraction of sp³-hybridized carbons (Fsp3) is 0.143. The SMILES string of the molecule is CCc1cc(C(c2ccccc2)(c2ccccc2)c2cccc(C)c2)cnc1C#N. The highest BCUT2D eigenvalue weighted by atomic mass is 14.7. The molecule has 30 heavy (non-hydrogen) atoms. The highest BCUT2D eigenvalue weighted by Crippen LogP contribution is 2.45. The molecule has 4 aromatic rings. The summed E-state index contributed by atoms with van der Waals surface area (Å²) in [5.41, 5.74) is 6.76. The number of pyridine rings is 1. The lowest BCUT2D eigenvalue weighted by molar-refractivity contribution is 0.736. The minimum absolute atomic E-state index is 0.500. The van der Waals surface area contributed by atoms with Gasteiger partial charge in [-0.2, -0.15) is 5.26 Å². The van der Waals surface area contributed by atoms with Crippen LogP contribution in [0.25, 0.3) is 0 Å². The molecule has 146 valence electrons. The Hall–Kier alpha value is -3.70. The molecule has 0 aliphatic carbocycles. The van der Waals surface area contributed by atoms with Crippen LogP contribution in [0, 0.1) is 18.3 Å². The standard InChI is InChI=1S/C28H24N2/c1-3-22-18-26(20-30-27(22)19-29)28(23-12-6-4-7-13-23,24-14-8-5-9-15-24)25-16-10-11-21(2)17-25/h4-18,20H,3H2,1-2H3. The third kappa shape index (κ3) is 3.29. The molecule has 0 radical (unpaired) electrons. The van der Waals surface area contributed by atoms with Crippen molar-refractivity contribution >= 4 is 0 Å². The lowest BCUT2D eigenvalue weighted by Crippen LogP contribution is -2.31. The summed E-state index contributed by atoms with van der Waals surface area (Å²) >= 11 is 0. The molecule has 2 nitrogen and oxygen atoms in total. The molecule has 0 amide bonds. The smallest absolute Gasteiger partial charge is 0.143 e. The molecular formula is C28H24N2. The molecule has 0 N–H and O–H groups in total. The van der Waals surface area contributed by atoms with E-state index in [0.717, 1.165) is 17.5 Å². The lowest BCUT2D eigenvalue weighted by atomic mass is 9.65. The number of aryl methyl sites for hydroxylation is 2. The maximum Gasteiger partial charge on any atom is 0.143 e. The van der Waals surface area contributed by atoms with E-state index in [0.29, 0.717) is 5.69 Å². The first-order chi connectivity index (χ1) is 14.7. The Morgan fingerprint density at radius 2 is 1.37 bits per heavy atom. The molecule has 0 fully saturated rings. The maximum absolute atomic E-state index is 9.52. The zero-order valence-corrected chi connectivity index (χ0v) is 17.3. The van der Waals surface area contributed by atoms with Crippen LogP contribution in [0.2, 0.25) is 0 Å². The van der Waals surface area contributed by atoms with Gasteiger partial charge in [0.05, 0.1) is 5.41 Å². The zero-order valence-electron chi connectivity index (χ0n) is 17.3. The van der Waals surface area contributed by atoms with Gasteiger partial charge < -0.3 is 0 Å². The molecule has 1 heterocycles. The van der Waals surface area contributed by atoms with E-state index in [4.69, 9.17) is 0 Å². The van der Waals surface area contributed by atoms with E-state index < -0.39 is 5.41 Å². The fourth-order valence-electron chi connectivity index (χ4n) is 4.34. The van der Waals surface area contributed by atoms with Gasteiger partial charge in [-0.1, -0.05) is 97.4 Å². The van der Waals surface area contributed by atoms with Crippen LogP contribution in [0.15, 0.2) is 97.2 Å². The van der Waals surface area contributed by atoms with Crippen LogP contribution in [0.3, 0.4) is 0 Å². The molecule has 0 aliphatic heterocycles. The minimum Gasteiger partial charge on any atom is -0.245 e. The quantitative estimate of drug-likeness (QED) is 0.381. The van der Waals surface area contributed by atoms with E-state index in [1.165, 1.54) is 22.3 Å². The molecule has 4 rings (SSSR count). The van der Waals surface area contributed by atoms with Crippen LogP contribution in [-0.2, 0) is 11.8 Å². The predicted octanol–water partition coefficient (Wildman–Crippen LogP) is 6.21. The molecular weight excluding hydrogens is 364 g/mol. The molecule has 0 spiro atoms. The van der Waals surface area contributed by atoms with E-state index in [-0.39, 0.29) is 0 Å². The molecule has 1 aromatic heterocycles. The van der Waals surface area contributed by atoms with Crippen molar-refractivity contribution < 1.29 is 0 Å². The van der Waals surface area contributed by atoms with Crippen molar-refractivity contribution in [1.82, 2.24) is 4.98 Å². The Kier molecular flexibility index (Phi) is 5.46. The minimum atomic E-state index is -0.528. The fourth-order valence-corrected chi connectivity index (χ4v) is 4.34. The van der Waals surface area contributed by atoms with Crippen molar-refractivity contribution in [1.29, 1.82) is 5.26 Å². The predicted molar refractivity (Wildman–Crippen MR) is 121 cm³/mol. The van der Waals surface area contributed by atoms with Gasteiger partial charge in [0.1, 0.15) is 11.8 Å². The average Bonchev–Trinajstić information content (AvgIpc) is 2.81. The van der Waals surface area contributed by atoms with Gasteiger partial charge in [0.2, 0.25) is 0 Å². The summed E-state index contributed by atoms with van der Waals surface area (Å²) in [6, 6.07) is 34.2. The van der Waals surface area contributed by atoms with Gasteiger partial charge in [-0.25, -0.2) is 4.98 Å². The van der Waals surface area contributed by atoms with Gasteiger partial charge in [-0.05, 0) is 47.2 Å². The molecule has 0 bridgehead atoms. The van der Waals surface area contributed by atoms with E-state index in [2.05, 4.69) is 104 Å².